The molecule has 1 fully saturated rings. The standard InChI is InChI=1S/C30H36FN5O3S/c1-16-14-25(40-5)23(29(37)33-16)15-32-30(38)26-18(3)36(24-9-7-6-8-22(24)26)17(2)20-10-12-21(13-11-20)35-28-27(31)39-19(4)34-28/h6-9,14,17,20-21,35H,10-13,15H2,1-5H3,(H,32,38)(H,33,37)/t17-,20?,21?/m1/s1. The van der Waals surface area contributed by atoms with Crippen LogP contribution in [0.25, 0.3) is 10.9 Å². The van der Waals surface area contributed by atoms with Gasteiger partial charge in [-0.1, -0.05) is 18.2 Å². The van der Waals surface area contributed by atoms with Crippen LogP contribution >= 0.6 is 11.8 Å². The lowest BCUT2D eigenvalue weighted by Gasteiger charge is -2.34. The number of para-hydroxylation sites is 1. The Bertz CT molecular complexity index is 1600. The molecule has 4 aromatic rings. The number of carbonyl (C=O) groups is 1. The van der Waals surface area contributed by atoms with E-state index in [4.69, 9.17) is 4.42 Å². The molecule has 1 saturated carbocycles. The van der Waals surface area contributed by atoms with Gasteiger partial charge in [-0.3, -0.25) is 9.59 Å². The Morgan fingerprint density at radius 1 is 1.23 bits per heavy atom. The summed E-state index contributed by atoms with van der Waals surface area (Å²) in [6.07, 6.45) is 5.66. The van der Waals surface area contributed by atoms with Gasteiger partial charge in [0.1, 0.15) is 0 Å². The van der Waals surface area contributed by atoms with Gasteiger partial charge in [0, 0.05) is 58.3 Å². The van der Waals surface area contributed by atoms with E-state index in [-0.39, 0.29) is 35.9 Å². The topological polar surface area (TPSA) is 105 Å². The third-order valence-electron chi connectivity index (χ3n) is 8.15. The molecule has 0 bridgehead atoms. The zero-order chi connectivity index (χ0) is 28.6. The third kappa shape index (κ3) is 5.41. The zero-order valence-corrected chi connectivity index (χ0v) is 24.4. The van der Waals surface area contributed by atoms with Gasteiger partial charge in [-0.05, 0) is 70.8 Å². The van der Waals surface area contributed by atoms with Crippen LogP contribution in [0.3, 0.4) is 0 Å². The Kier molecular flexibility index (Phi) is 8.07. The second-order valence-electron chi connectivity index (χ2n) is 10.7. The average Bonchev–Trinajstić information content (AvgIpc) is 3.41. The van der Waals surface area contributed by atoms with E-state index in [1.165, 1.54) is 11.8 Å². The second-order valence-corrected chi connectivity index (χ2v) is 11.6. The number of aromatic amines is 1. The lowest BCUT2D eigenvalue weighted by atomic mass is 9.82. The largest absolute Gasteiger partial charge is 0.414 e. The van der Waals surface area contributed by atoms with Crippen LogP contribution in [-0.4, -0.2) is 32.7 Å². The van der Waals surface area contributed by atoms with Crippen molar-refractivity contribution in [3.63, 3.8) is 0 Å². The maximum Gasteiger partial charge on any atom is 0.322 e. The molecule has 1 atom stereocenters. The number of nitrogens with zero attached hydrogens (tertiary/aromatic N) is 2. The summed E-state index contributed by atoms with van der Waals surface area (Å²) in [5.41, 5.74) is 3.76. The van der Waals surface area contributed by atoms with Gasteiger partial charge in [-0.15, -0.1) is 11.8 Å². The summed E-state index contributed by atoms with van der Waals surface area (Å²) in [5, 5.41) is 7.12. The fourth-order valence-electron chi connectivity index (χ4n) is 6.14. The molecule has 0 aliphatic heterocycles. The molecule has 3 heterocycles. The van der Waals surface area contributed by atoms with Crippen molar-refractivity contribution < 1.29 is 13.6 Å². The van der Waals surface area contributed by atoms with E-state index in [1.807, 2.05) is 44.4 Å². The summed E-state index contributed by atoms with van der Waals surface area (Å²) in [4.78, 5) is 34.0. The quantitative estimate of drug-likeness (QED) is 0.218. The number of anilines is 1. The fourth-order valence-corrected chi connectivity index (χ4v) is 6.84. The van der Waals surface area contributed by atoms with Gasteiger partial charge in [-0.25, -0.2) is 0 Å². The zero-order valence-electron chi connectivity index (χ0n) is 23.6. The highest BCUT2D eigenvalue weighted by Crippen LogP contribution is 2.38. The number of benzene rings is 1. The van der Waals surface area contributed by atoms with E-state index in [0.29, 0.717) is 22.9 Å². The Labute approximate surface area is 237 Å². The number of halogens is 1. The van der Waals surface area contributed by atoms with Crippen molar-refractivity contribution in [2.75, 3.05) is 11.6 Å². The SMILES string of the molecule is CSc1cc(C)[nH]c(=O)c1CNC(=O)c1c(C)n([C@H](C)C2CCC(Nc3nc(C)oc3F)CC2)c2ccccc12. The van der Waals surface area contributed by atoms with Crippen LogP contribution in [0, 0.1) is 32.7 Å². The summed E-state index contributed by atoms with van der Waals surface area (Å²) in [6, 6.07) is 9.58. The summed E-state index contributed by atoms with van der Waals surface area (Å²) >= 11 is 1.50. The highest BCUT2D eigenvalue weighted by Gasteiger charge is 2.30. The van der Waals surface area contributed by atoms with E-state index in [0.717, 1.165) is 52.9 Å². The molecular formula is C30H36FN5O3S. The van der Waals surface area contributed by atoms with E-state index in [9.17, 15) is 14.0 Å². The van der Waals surface area contributed by atoms with Crippen molar-refractivity contribution in [1.82, 2.24) is 19.9 Å². The maximum atomic E-state index is 13.9. The first kappa shape index (κ1) is 28.0. The second kappa shape index (κ2) is 11.5. The molecule has 3 N–H and O–H groups in total. The average molecular weight is 566 g/mol. The fraction of sp³-hybridized carbons (Fsp3) is 0.433. The number of aryl methyl sites for hydroxylation is 2. The van der Waals surface area contributed by atoms with Gasteiger partial charge in [0.2, 0.25) is 5.82 Å². The molecule has 0 radical (unpaired) electrons. The van der Waals surface area contributed by atoms with Crippen molar-refractivity contribution in [3.05, 3.63) is 75.1 Å². The van der Waals surface area contributed by atoms with Gasteiger partial charge < -0.3 is 24.6 Å². The first-order valence-electron chi connectivity index (χ1n) is 13.7. The minimum Gasteiger partial charge on any atom is -0.414 e. The van der Waals surface area contributed by atoms with E-state index in [2.05, 4.69) is 38.2 Å². The number of rotatable bonds is 8. The van der Waals surface area contributed by atoms with Gasteiger partial charge in [0.15, 0.2) is 5.89 Å². The molecule has 1 aliphatic carbocycles. The normalized spacial score (nSPS) is 18.1. The van der Waals surface area contributed by atoms with E-state index >= 15 is 0 Å². The number of carbonyl (C=O) groups excluding carboxylic acids is 1. The van der Waals surface area contributed by atoms with Crippen LogP contribution < -0.4 is 16.2 Å². The molecule has 5 rings (SSSR count). The lowest BCUT2D eigenvalue weighted by molar-refractivity contribution is 0.0951. The molecular weight excluding hydrogens is 529 g/mol. The number of hydrogen-bond donors (Lipinski definition) is 3. The molecule has 1 amide bonds. The van der Waals surface area contributed by atoms with Gasteiger partial charge >= 0.3 is 6.01 Å². The molecule has 1 aliphatic rings. The predicted octanol–water partition coefficient (Wildman–Crippen LogP) is 6.27. The number of hydrogen-bond acceptors (Lipinski definition) is 6. The number of fused-ring (bicyclic) bond motifs is 1. The Hall–Kier alpha value is -3.53. The van der Waals surface area contributed by atoms with Crippen molar-refractivity contribution in [1.29, 1.82) is 0 Å². The van der Waals surface area contributed by atoms with Gasteiger partial charge in [0.25, 0.3) is 11.5 Å². The number of aromatic nitrogens is 3. The van der Waals surface area contributed by atoms with E-state index in [1.54, 1.807) is 6.92 Å². The molecule has 40 heavy (non-hydrogen) atoms. The summed E-state index contributed by atoms with van der Waals surface area (Å²) in [7, 11) is 0. The van der Waals surface area contributed by atoms with E-state index < -0.39 is 6.01 Å². The molecule has 1 aromatic carbocycles. The van der Waals surface area contributed by atoms with Crippen LogP contribution in [-0.2, 0) is 6.54 Å². The Morgan fingerprint density at radius 3 is 2.62 bits per heavy atom. The van der Waals surface area contributed by atoms with Crippen LogP contribution in [0.5, 0.6) is 0 Å². The number of thioether (sulfide) groups is 1. The number of pyridine rings is 1. The van der Waals surface area contributed by atoms with Gasteiger partial charge in [0.05, 0.1) is 5.56 Å². The molecule has 212 valence electrons. The van der Waals surface area contributed by atoms with Crippen molar-refractivity contribution in [2.45, 2.75) is 76.9 Å². The molecule has 0 unspecified atom stereocenters. The van der Waals surface area contributed by atoms with Crippen molar-refractivity contribution >= 4 is 34.4 Å². The van der Waals surface area contributed by atoms with Crippen LogP contribution in [0.15, 0.2) is 44.4 Å². The van der Waals surface area contributed by atoms with Gasteiger partial charge in [-0.2, -0.15) is 9.37 Å². The maximum absolute atomic E-state index is 13.9. The highest BCUT2D eigenvalue weighted by molar-refractivity contribution is 7.98. The number of H-pyrrole nitrogens is 1. The lowest BCUT2D eigenvalue weighted by Crippen LogP contribution is -2.30. The molecule has 3 aromatic heterocycles. The summed E-state index contributed by atoms with van der Waals surface area (Å²) in [6.45, 7) is 7.86. The Morgan fingerprint density at radius 2 is 1.95 bits per heavy atom. The van der Waals surface area contributed by atoms with Crippen LogP contribution in [0.1, 0.15) is 71.8 Å². The van der Waals surface area contributed by atoms with Crippen LogP contribution in [0.4, 0.5) is 10.2 Å². The van der Waals surface area contributed by atoms with Crippen molar-refractivity contribution in [3.8, 4) is 0 Å². The summed E-state index contributed by atoms with van der Waals surface area (Å²) < 4.78 is 21.1. The minimum atomic E-state index is -0.662. The number of nitrogens with one attached hydrogen (secondary N) is 3. The minimum absolute atomic E-state index is 0.141. The Balaban J connectivity index is 1.34. The summed E-state index contributed by atoms with van der Waals surface area (Å²) in [5.74, 6) is 0.716. The van der Waals surface area contributed by atoms with Crippen LogP contribution in [0.2, 0.25) is 0 Å². The monoisotopic (exact) mass is 565 g/mol. The smallest absolute Gasteiger partial charge is 0.322 e. The molecule has 0 spiro atoms. The predicted molar refractivity (Wildman–Crippen MR) is 157 cm³/mol. The first-order chi connectivity index (χ1) is 19.2. The highest BCUT2D eigenvalue weighted by atomic mass is 32.2. The molecule has 8 nitrogen and oxygen atoms in total. The number of oxazole rings is 1. The third-order valence-corrected chi connectivity index (χ3v) is 8.96. The van der Waals surface area contributed by atoms with Crippen molar-refractivity contribution in [2.24, 2.45) is 5.92 Å². The first-order valence-corrected chi connectivity index (χ1v) is 14.9. The molecule has 0 saturated heterocycles. The molecule has 10 heteroatoms. The number of amides is 1.